The Morgan fingerprint density at radius 3 is 1.15 bits per heavy atom. The molecule has 1 aliphatic rings. The molecular weight excluding hydrogens is 395 g/mol. The van der Waals surface area contributed by atoms with E-state index in [1.165, 1.54) is 13.8 Å². The average Bonchev–Trinajstić information content (AvgIpc) is 2.51. The summed E-state index contributed by atoms with van der Waals surface area (Å²) in [4.78, 5) is 11.8. The first-order valence-electron chi connectivity index (χ1n) is 7.30. The molecule has 154 valence electrons. The smallest absolute Gasteiger partial charge is 0.340 e. The SMILES string of the molecule is CCCN(CCC)C(=O)C1(F)C(F)(F)C(F)(F)C(F)(F)C(F)(F)C1(F)F. The summed E-state index contributed by atoms with van der Waals surface area (Å²) >= 11 is 0. The van der Waals surface area contributed by atoms with Gasteiger partial charge < -0.3 is 4.90 Å². The van der Waals surface area contributed by atoms with Gasteiger partial charge in [0.1, 0.15) is 0 Å². The van der Waals surface area contributed by atoms with Crippen LogP contribution in [0.25, 0.3) is 0 Å². The van der Waals surface area contributed by atoms with Gasteiger partial charge in [-0.05, 0) is 12.8 Å². The van der Waals surface area contributed by atoms with E-state index in [0.29, 0.717) is 0 Å². The van der Waals surface area contributed by atoms with Crippen LogP contribution < -0.4 is 0 Å². The minimum atomic E-state index is -7.32. The highest BCUT2D eigenvalue weighted by Gasteiger charge is 3.03. The van der Waals surface area contributed by atoms with Gasteiger partial charge in [0, 0.05) is 13.1 Å². The largest absolute Gasteiger partial charge is 0.384 e. The number of carbonyl (C=O) groups is 1. The fourth-order valence-corrected chi connectivity index (χ4v) is 2.56. The molecule has 1 saturated carbocycles. The summed E-state index contributed by atoms with van der Waals surface area (Å²) in [5, 5.41) is 0. The van der Waals surface area contributed by atoms with Crippen molar-refractivity contribution in [3.05, 3.63) is 0 Å². The summed E-state index contributed by atoms with van der Waals surface area (Å²) in [6.07, 6.45) is -0.330. The van der Waals surface area contributed by atoms with Crippen molar-refractivity contribution in [1.82, 2.24) is 4.90 Å². The zero-order valence-electron chi connectivity index (χ0n) is 13.3. The first kappa shape index (κ1) is 22.7. The summed E-state index contributed by atoms with van der Waals surface area (Å²) in [5.74, 6) is -39.2. The van der Waals surface area contributed by atoms with Crippen LogP contribution in [0.1, 0.15) is 26.7 Å². The number of nitrogens with zero attached hydrogens (tertiary/aromatic N) is 1. The Morgan fingerprint density at radius 1 is 0.615 bits per heavy atom. The molecule has 0 atom stereocenters. The second-order valence-corrected chi connectivity index (χ2v) is 5.82. The van der Waals surface area contributed by atoms with Gasteiger partial charge >= 0.3 is 35.3 Å². The Hall–Kier alpha value is -1.30. The van der Waals surface area contributed by atoms with Crippen LogP contribution in [-0.4, -0.2) is 59.2 Å². The van der Waals surface area contributed by atoms with Gasteiger partial charge in [0.2, 0.25) is 0 Å². The van der Waals surface area contributed by atoms with Crippen LogP contribution >= 0.6 is 0 Å². The van der Waals surface area contributed by atoms with Crippen molar-refractivity contribution >= 4 is 5.91 Å². The van der Waals surface area contributed by atoms with E-state index in [1.54, 1.807) is 0 Å². The van der Waals surface area contributed by atoms with E-state index in [2.05, 4.69) is 0 Å². The van der Waals surface area contributed by atoms with Crippen molar-refractivity contribution < 1.29 is 53.1 Å². The lowest BCUT2D eigenvalue weighted by molar-refractivity contribution is -0.477. The third-order valence-corrected chi connectivity index (χ3v) is 4.01. The molecule has 0 spiro atoms. The molecule has 1 aliphatic carbocycles. The van der Waals surface area contributed by atoms with E-state index >= 15 is 0 Å². The van der Waals surface area contributed by atoms with Crippen molar-refractivity contribution in [2.45, 2.75) is 62.0 Å². The van der Waals surface area contributed by atoms with Crippen LogP contribution in [0.3, 0.4) is 0 Å². The summed E-state index contributed by atoms with van der Waals surface area (Å²) in [5.41, 5.74) is -6.58. The first-order valence-corrected chi connectivity index (χ1v) is 7.30. The van der Waals surface area contributed by atoms with Gasteiger partial charge in [0.15, 0.2) is 0 Å². The van der Waals surface area contributed by atoms with E-state index in [-0.39, 0.29) is 17.7 Å². The summed E-state index contributed by atoms with van der Waals surface area (Å²) in [6.45, 7) is 1.07. The minimum absolute atomic E-state index is 0.0998. The highest BCUT2D eigenvalue weighted by molar-refractivity contribution is 5.89. The van der Waals surface area contributed by atoms with Crippen LogP contribution in [0.4, 0.5) is 48.3 Å². The molecule has 1 fully saturated rings. The fourth-order valence-electron chi connectivity index (χ4n) is 2.56. The first-order chi connectivity index (χ1) is 11.4. The standard InChI is InChI=1S/C13H14F11NO/c1-3-5-25(6-4-2)7(26)8(14)9(15,16)11(19,20)13(23,24)12(21,22)10(8,17)18/h3-6H2,1-2H3. The summed E-state index contributed by atoms with van der Waals surface area (Å²) in [7, 11) is 0. The van der Waals surface area contributed by atoms with Crippen molar-refractivity contribution in [2.24, 2.45) is 0 Å². The van der Waals surface area contributed by atoms with Crippen LogP contribution in [0.15, 0.2) is 0 Å². The Balaban J connectivity index is 3.77. The van der Waals surface area contributed by atoms with E-state index in [1.807, 2.05) is 0 Å². The van der Waals surface area contributed by atoms with Crippen molar-refractivity contribution in [3.8, 4) is 0 Å². The zero-order chi connectivity index (χ0) is 21.0. The number of carbonyl (C=O) groups excluding carboxylic acids is 1. The quantitative estimate of drug-likeness (QED) is 0.611. The second kappa shape index (κ2) is 6.11. The Bertz CT molecular complexity index is 524. The molecule has 0 radical (unpaired) electrons. The molecule has 0 aromatic carbocycles. The molecule has 0 bridgehead atoms. The number of amides is 1. The Kier molecular flexibility index (Phi) is 5.35. The fraction of sp³-hybridized carbons (Fsp3) is 0.923. The molecule has 0 N–H and O–H groups in total. The molecular formula is C13H14F11NO. The normalized spacial score (nSPS) is 27.0. The number of hydrogen-bond donors (Lipinski definition) is 0. The van der Waals surface area contributed by atoms with E-state index in [0.717, 1.165) is 0 Å². The number of alkyl halides is 11. The Morgan fingerprint density at radius 2 is 0.885 bits per heavy atom. The maximum absolute atomic E-state index is 14.6. The molecule has 0 heterocycles. The molecule has 0 aliphatic heterocycles. The lowest BCUT2D eigenvalue weighted by Crippen LogP contribution is -2.86. The van der Waals surface area contributed by atoms with Gasteiger partial charge in [0.05, 0.1) is 0 Å². The lowest BCUT2D eigenvalue weighted by Gasteiger charge is -2.52. The predicted molar refractivity (Wildman–Crippen MR) is 65.7 cm³/mol. The van der Waals surface area contributed by atoms with E-state index in [9.17, 15) is 53.1 Å². The second-order valence-electron chi connectivity index (χ2n) is 5.82. The van der Waals surface area contributed by atoms with Gasteiger partial charge in [-0.3, -0.25) is 4.79 Å². The van der Waals surface area contributed by atoms with Crippen molar-refractivity contribution in [3.63, 3.8) is 0 Å². The number of rotatable bonds is 5. The van der Waals surface area contributed by atoms with E-state index < -0.39 is 54.3 Å². The van der Waals surface area contributed by atoms with Gasteiger partial charge in [-0.1, -0.05) is 13.8 Å². The topological polar surface area (TPSA) is 20.3 Å². The number of hydrogen-bond acceptors (Lipinski definition) is 1. The van der Waals surface area contributed by atoms with Gasteiger partial charge in [0.25, 0.3) is 5.91 Å². The molecule has 1 rings (SSSR count). The Labute approximate surface area is 140 Å². The minimum Gasteiger partial charge on any atom is -0.340 e. The summed E-state index contributed by atoms with van der Waals surface area (Å²) < 4.78 is 149. The maximum atomic E-state index is 14.6. The van der Waals surface area contributed by atoms with Crippen LogP contribution in [0, 0.1) is 0 Å². The molecule has 0 saturated heterocycles. The zero-order valence-corrected chi connectivity index (χ0v) is 13.3. The van der Waals surface area contributed by atoms with Gasteiger partial charge in [-0.25, -0.2) is 4.39 Å². The molecule has 1 amide bonds. The molecule has 0 aromatic rings. The molecule has 0 aromatic heterocycles. The predicted octanol–water partition coefficient (Wildman–Crippen LogP) is 4.53. The van der Waals surface area contributed by atoms with Gasteiger partial charge in [-0.15, -0.1) is 0 Å². The van der Waals surface area contributed by atoms with Crippen LogP contribution in [0.2, 0.25) is 0 Å². The summed E-state index contributed by atoms with van der Waals surface area (Å²) in [6, 6.07) is 0. The highest BCUT2D eigenvalue weighted by Crippen LogP contribution is 2.69. The molecule has 2 nitrogen and oxygen atoms in total. The number of halogens is 11. The third kappa shape index (κ3) is 2.26. The van der Waals surface area contributed by atoms with Crippen LogP contribution in [-0.2, 0) is 4.79 Å². The van der Waals surface area contributed by atoms with Gasteiger partial charge in [-0.2, -0.15) is 43.9 Å². The third-order valence-electron chi connectivity index (χ3n) is 4.01. The van der Waals surface area contributed by atoms with E-state index in [4.69, 9.17) is 0 Å². The molecule has 13 heteroatoms. The van der Waals surface area contributed by atoms with Crippen LogP contribution in [0.5, 0.6) is 0 Å². The van der Waals surface area contributed by atoms with Crippen molar-refractivity contribution in [2.75, 3.05) is 13.1 Å². The average molecular weight is 409 g/mol. The highest BCUT2D eigenvalue weighted by atomic mass is 19.4. The maximum Gasteiger partial charge on any atom is 0.384 e. The monoisotopic (exact) mass is 409 g/mol. The molecule has 26 heavy (non-hydrogen) atoms. The molecule has 0 unspecified atom stereocenters. The lowest BCUT2D eigenvalue weighted by atomic mass is 9.71. The van der Waals surface area contributed by atoms with Crippen molar-refractivity contribution in [1.29, 1.82) is 0 Å².